The molecule has 2 aromatic carbocycles. The molecule has 2 atom stereocenters. The smallest absolute Gasteiger partial charge is 0.408 e. The lowest BCUT2D eigenvalue weighted by Gasteiger charge is -2.24. The normalized spacial score (nSPS) is 13.8. The fourth-order valence-corrected chi connectivity index (χ4v) is 2.85. The van der Waals surface area contributed by atoms with Crippen LogP contribution in [0, 0.1) is 0 Å². The zero-order valence-corrected chi connectivity index (χ0v) is 16.5. The van der Waals surface area contributed by atoms with Gasteiger partial charge >= 0.3 is 6.09 Å². The summed E-state index contributed by atoms with van der Waals surface area (Å²) in [5.41, 5.74) is 1.87. The van der Waals surface area contributed by atoms with E-state index in [4.69, 9.17) is 39.5 Å². The van der Waals surface area contributed by atoms with Crippen molar-refractivity contribution in [2.45, 2.75) is 36.7 Å². The second-order valence-corrected chi connectivity index (χ2v) is 8.41. The van der Waals surface area contributed by atoms with Gasteiger partial charge in [-0.1, -0.05) is 82.8 Å². The number of halogens is 3. The molecular weight excluding hydrogens is 381 g/mol. The topological polar surface area (TPSA) is 38.3 Å². The average Bonchev–Trinajstić information content (AvgIpc) is 2.52. The predicted molar refractivity (Wildman–Crippen MR) is 105 cm³/mol. The Labute approximate surface area is 162 Å². The van der Waals surface area contributed by atoms with Crippen molar-refractivity contribution in [3.63, 3.8) is 0 Å². The minimum absolute atomic E-state index is 0.263. The lowest BCUT2D eigenvalue weighted by Crippen LogP contribution is -2.36. The molecule has 3 nitrogen and oxygen atoms in total. The number of fused-ring (bicyclic) bond motifs is 1. The van der Waals surface area contributed by atoms with E-state index in [2.05, 4.69) is 5.32 Å². The molecule has 0 aliphatic rings. The number of alkyl halides is 3. The van der Waals surface area contributed by atoms with Crippen LogP contribution in [-0.4, -0.2) is 16.0 Å². The second kappa shape index (κ2) is 8.31. The van der Waals surface area contributed by atoms with Gasteiger partial charge in [0.1, 0.15) is 0 Å². The summed E-state index contributed by atoms with van der Waals surface area (Å²) in [4.78, 5) is 12.3. The zero-order chi connectivity index (χ0) is 18.6. The first-order valence-corrected chi connectivity index (χ1v) is 8.98. The van der Waals surface area contributed by atoms with Crippen molar-refractivity contribution in [1.82, 2.24) is 5.32 Å². The number of hydrogen-bond acceptors (Lipinski definition) is 2. The van der Waals surface area contributed by atoms with Gasteiger partial charge in [-0.05, 0) is 43.2 Å². The number of carbonyl (C=O) groups excluding carboxylic acids is 1. The van der Waals surface area contributed by atoms with Crippen LogP contribution in [0.4, 0.5) is 4.79 Å². The maximum absolute atomic E-state index is 12.3. The molecule has 0 aromatic heterocycles. The third-order valence-electron chi connectivity index (χ3n) is 3.67. The van der Waals surface area contributed by atoms with E-state index in [9.17, 15) is 4.79 Å². The molecule has 0 spiro atoms. The Bertz CT molecular complexity index is 774. The zero-order valence-electron chi connectivity index (χ0n) is 14.2. The van der Waals surface area contributed by atoms with Crippen LogP contribution < -0.4 is 5.32 Å². The third kappa shape index (κ3) is 5.53. The second-order valence-electron chi connectivity index (χ2n) is 6.05. The summed E-state index contributed by atoms with van der Waals surface area (Å²) < 4.78 is 3.57. The molecule has 2 aromatic rings. The number of amides is 1. The summed E-state index contributed by atoms with van der Waals surface area (Å²) in [6, 6.07) is 13.7. The molecule has 0 saturated carbocycles. The van der Waals surface area contributed by atoms with Crippen molar-refractivity contribution in [2.24, 2.45) is 0 Å². The van der Waals surface area contributed by atoms with Gasteiger partial charge in [-0.25, -0.2) is 4.79 Å². The largest absolute Gasteiger partial charge is 0.437 e. The van der Waals surface area contributed by atoms with Gasteiger partial charge in [0, 0.05) is 0 Å². The van der Waals surface area contributed by atoms with Gasteiger partial charge in [0.15, 0.2) is 6.10 Å². The Morgan fingerprint density at radius 2 is 1.76 bits per heavy atom. The number of benzene rings is 2. The molecule has 134 valence electrons. The van der Waals surface area contributed by atoms with E-state index in [1.165, 1.54) is 0 Å². The summed E-state index contributed by atoms with van der Waals surface area (Å²) in [7, 11) is 0. The van der Waals surface area contributed by atoms with Crippen molar-refractivity contribution in [3.8, 4) is 0 Å². The van der Waals surface area contributed by atoms with Crippen LogP contribution in [0.1, 0.15) is 32.4 Å². The van der Waals surface area contributed by atoms with E-state index >= 15 is 0 Å². The summed E-state index contributed by atoms with van der Waals surface area (Å²) in [5, 5.41) is 4.97. The van der Waals surface area contributed by atoms with E-state index in [0.717, 1.165) is 21.9 Å². The Morgan fingerprint density at radius 3 is 2.40 bits per heavy atom. The molecule has 1 N–H and O–H groups in total. The molecule has 0 fully saturated rings. The number of ether oxygens (including phenoxy) is 1. The van der Waals surface area contributed by atoms with Gasteiger partial charge in [0.2, 0.25) is 3.79 Å². The van der Waals surface area contributed by atoms with Gasteiger partial charge in [-0.3, -0.25) is 0 Å². The van der Waals surface area contributed by atoms with E-state index in [0.29, 0.717) is 0 Å². The highest BCUT2D eigenvalue weighted by Gasteiger charge is 2.34. The summed E-state index contributed by atoms with van der Waals surface area (Å²) in [6.45, 7) is 5.56. The predicted octanol–water partition coefficient (Wildman–Crippen LogP) is 6.33. The molecule has 1 unspecified atom stereocenters. The SMILES string of the molecule is CC(C)=CC(OC(=O)N[C@@H](C)c1cccc2ccccc12)C(Cl)(Cl)Cl. The molecule has 0 radical (unpaired) electrons. The lowest BCUT2D eigenvalue weighted by atomic mass is 10.00. The maximum atomic E-state index is 12.3. The molecule has 25 heavy (non-hydrogen) atoms. The van der Waals surface area contributed by atoms with Crippen LogP contribution in [0.3, 0.4) is 0 Å². The third-order valence-corrected chi connectivity index (χ3v) is 4.31. The highest BCUT2D eigenvalue weighted by Crippen LogP contribution is 2.34. The van der Waals surface area contributed by atoms with Crippen LogP contribution in [0.5, 0.6) is 0 Å². The van der Waals surface area contributed by atoms with Crippen LogP contribution >= 0.6 is 34.8 Å². The fraction of sp³-hybridized carbons (Fsp3) is 0.316. The quantitative estimate of drug-likeness (QED) is 0.481. The van der Waals surface area contributed by atoms with E-state index in [-0.39, 0.29) is 6.04 Å². The first kappa shape index (κ1) is 19.9. The van der Waals surface area contributed by atoms with Crippen molar-refractivity contribution >= 4 is 51.7 Å². The average molecular weight is 401 g/mol. The first-order chi connectivity index (χ1) is 11.7. The molecule has 2 rings (SSSR count). The van der Waals surface area contributed by atoms with E-state index in [1.54, 1.807) is 6.08 Å². The molecule has 6 heteroatoms. The summed E-state index contributed by atoms with van der Waals surface area (Å²) >= 11 is 17.7. The maximum Gasteiger partial charge on any atom is 0.408 e. The van der Waals surface area contributed by atoms with Crippen LogP contribution in [0.2, 0.25) is 0 Å². The van der Waals surface area contributed by atoms with Gasteiger partial charge in [-0.2, -0.15) is 0 Å². The first-order valence-electron chi connectivity index (χ1n) is 7.85. The Balaban J connectivity index is 2.15. The number of allylic oxidation sites excluding steroid dienone is 1. The Kier molecular flexibility index (Phi) is 6.61. The number of alkyl carbamates (subject to hydrolysis) is 1. The van der Waals surface area contributed by atoms with Crippen molar-refractivity contribution in [2.75, 3.05) is 0 Å². The number of rotatable bonds is 4. The molecule has 1 amide bonds. The molecule has 0 saturated heterocycles. The van der Waals surface area contributed by atoms with Crippen LogP contribution in [0.15, 0.2) is 54.1 Å². The van der Waals surface area contributed by atoms with Gasteiger partial charge in [0.25, 0.3) is 0 Å². The van der Waals surface area contributed by atoms with E-state index in [1.807, 2.05) is 63.2 Å². The number of hydrogen-bond donors (Lipinski definition) is 1. The highest BCUT2D eigenvalue weighted by atomic mass is 35.6. The number of carbonyl (C=O) groups is 1. The number of nitrogens with one attached hydrogen (secondary N) is 1. The highest BCUT2D eigenvalue weighted by molar-refractivity contribution is 6.68. The Morgan fingerprint density at radius 1 is 1.12 bits per heavy atom. The Hall–Kier alpha value is -1.42. The summed E-state index contributed by atoms with van der Waals surface area (Å²) in [5.74, 6) is 0. The molecule has 0 aliphatic carbocycles. The van der Waals surface area contributed by atoms with Gasteiger partial charge < -0.3 is 10.1 Å². The molecule has 0 bridgehead atoms. The minimum atomic E-state index is -1.74. The van der Waals surface area contributed by atoms with Crippen molar-refractivity contribution < 1.29 is 9.53 Å². The fourth-order valence-electron chi connectivity index (χ4n) is 2.53. The van der Waals surface area contributed by atoms with Crippen LogP contribution in [-0.2, 0) is 4.74 Å². The molecule has 0 heterocycles. The van der Waals surface area contributed by atoms with Gasteiger partial charge in [-0.15, -0.1) is 0 Å². The standard InChI is InChI=1S/C19H20Cl3NO2/c1-12(2)11-17(19(20,21)22)25-18(24)23-13(3)15-10-6-8-14-7-4-5-9-16(14)15/h4-11,13,17H,1-3H3,(H,23,24)/t13-,17?/m0/s1. The van der Waals surface area contributed by atoms with Crippen molar-refractivity contribution in [3.05, 3.63) is 59.7 Å². The monoisotopic (exact) mass is 399 g/mol. The molecule has 0 aliphatic heterocycles. The van der Waals surface area contributed by atoms with E-state index < -0.39 is 16.0 Å². The minimum Gasteiger partial charge on any atom is -0.437 e. The van der Waals surface area contributed by atoms with Gasteiger partial charge in [0.05, 0.1) is 6.04 Å². The van der Waals surface area contributed by atoms with Crippen LogP contribution in [0.25, 0.3) is 10.8 Å². The lowest BCUT2D eigenvalue weighted by molar-refractivity contribution is 0.118. The summed E-state index contributed by atoms with van der Waals surface area (Å²) in [6.07, 6.45) is -0.00806. The molecular formula is C19H20Cl3NO2. The van der Waals surface area contributed by atoms with Crippen molar-refractivity contribution in [1.29, 1.82) is 0 Å².